The van der Waals surface area contributed by atoms with Crippen LogP contribution in [0.2, 0.25) is 0 Å². The number of rotatable bonds is 4. The largest absolute Gasteiger partial charge is 0.319 e. The standard InChI is InChI=1S/C12H16FN/c1-10-9-11(6-7-12(10)13)5-3-4-8-14-2/h3,5-7,9,14H,4,8H2,1-2H3. The van der Waals surface area contributed by atoms with Gasteiger partial charge in [0.15, 0.2) is 0 Å². The van der Waals surface area contributed by atoms with Crippen molar-refractivity contribution in [3.8, 4) is 0 Å². The van der Waals surface area contributed by atoms with E-state index in [9.17, 15) is 4.39 Å². The van der Waals surface area contributed by atoms with E-state index in [1.165, 1.54) is 6.07 Å². The number of aryl methyl sites for hydroxylation is 1. The van der Waals surface area contributed by atoms with Gasteiger partial charge in [-0.2, -0.15) is 0 Å². The molecule has 0 aliphatic rings. The second-order valence-electron chi connectivity index (χ2n) is 3.30. The molecule has 1 nitrogen and oxygen atoms in total. The minimum atomic E-state index is -0.141. The molecule has 2 heteroatoms. The third kappa shape index (κ3) is 3.30. The van der Waals surface area contributed by atoms with E-state index < -0.39 is 0 Å². The average Bonchev–Trinajstić information content (AvgIpc) is 2.18. The van der Waals surface area contributed by atoms with E-state index >= 15 is 0 Å². The lowest BCUT2D eigenvalue weighted by Gasteiger charge is -1.98. The minimum Gasteiger partial charge on any atom is -0.319 e. The van der Waals surface area contributed by atoms with Gasteiger partial charge in [0.25, 0.3) is 0 Å². The van der Waals surface area contributed by atoms with Crippen molar-refractivity contribution < 1.29 is 4.39 Å². The predicted molar refractivity (Wildman–Crippen MR) is 58.7 cm³/mol. The van der Waals surface area contributed by atoms with Gasteiger partial charge in [-0.3, -0.25) is 0 Å². The highest BCUT2D eigenvalue weighted by Gasteiger charge is 1.95. The second-order valence-corrected chi connectivity index (χ2v) is 3.30. The van der Waals surface area contributed by atoms with Crippen molar-refractivity contribution >= 4 is 6.08 Å². The van der Waals surface area contributed by atoms with E-state index in [-0.39, 0.29) is 5.82 Å². The molecular weight excluding hydrogens is 177 g/mol. The quantitative estimate of drug-likeness (QED) is 0.725. The second kappa shape index (κ2) is 5.55. The van der Waals surface area contributed by atoms with Crippen molar-refractivity contribution in [3.63, 3.8) is 0 Å². The summed E-state index contributed by atoms with van der Waals surface area (Å²) in [7, 11) is 1.93. The summed E-state index contributed by atoms with van der Waals surface area (Å²) in [6.45, 7) is 2.75. The summed E-state index contributed by atoms with van der Waals surface area (Å²) in [4.78, 5) is 0. The SMILES string of the molecule is CNCCC=Cc1ccc(F)c(C)c1. The molecule has 0 aliphatic carbocycles. The fourth-order valence-corrected chi connectivity index (χ4v) is 1.22. The Morgan fingerprint density at radius 2 is 2.21 bits per heavy atom. The molecule has 1 aromatic rings. The molecule has 0 unspecified atom stereocenters. The van der Waals surface area contributed by atoms with Crippen molar-refractivity contribution in [2.75, 3.05) is 13.6 Å². The van der Waals surface area contributed by atoms with E-state index in [1.807, 2.05) is 19.2 Å². The molecule has 0 atom stereocenters. The zero-order valence-corrected chi connectivity index (χ0v) is 8.68. The Morgan fingerprint density at radius 3 is 2.86 bits per heavy atom. The molecule has 0 radical (unpaired) electrons. The number of benzene rings is 1. The van der Waals surface area contributed by atoms with Crippen LogP contribution in [0, 0.1) is 12.7 Å². The van der Waals surface area contributed by atoms with Gasteiger partial charge in [0.05, 0.1) is 0 Å². The molecule has 0 heterocycles. The van der Waals surface area contributed by atoms with Gasteiger partial charge < -0.3 is 5.32 Å². The van der Waals surface area contributed by atoms with Crippen LogP contribution in [-0.2, 0) is 0 Å². The lowest BCUT2D eigenvalue weighted by Crippen LogP contribution is -2.05. The van der Waals surface area contributed by atoms with Gasteiger partial charge in [-0.1, -0.05) is 18.2 Å². The Hall–Kier alpha value is -1.15. The van der Waals surface area contributed by atoms with Crippen LogP contribution in [0.3, 0.4) is 0 Å². The van der Waals surface area contributed by atoms with Gasteiger partial charge >= 0.3 is 0 Å². The van der Waals surface area contributed by atoms with E-state index in [0.717, 1.165) is 18.5 Å². The molecule has 0 fully saturated rings. The summed E-state index contributed by atoms with van der Waals surface area (Å²) in [5, 5.41) is 3.06. The molecule has 14 heavy (non-hydrogen) atoms. The van der Waals surface area contributed by atoms with E-state index in [0.29, 0.717) is 5.56 Å². The van der Waals surface area contributed by atoms with Crippen LogP contribution in [0.25, 0.3) is 6.08 Å². The molecule has 0 saturated heterocycles. The highest BCUT2D eigenvalue weighted by molar-refractivity contribution is 5.50. The van der Waals surface area contributed by atoms with Crippen LogP contribution in [0.1, 0.15) is 17.5 Å². The maximum Gasteiger partial charge on any atom is 0.126 e. The van der Waals surface area contributed by atoms with E-state index in [4.69, 9.17) is 0 Å². The first-order valence-corrected chi connectivity index (χ1v) is 4.81. The fraction of sp³-hybridized carbons (Fsp3) is 0.333. The van der Waals surface area contributed by atoms with Crippen molar-refractivity contribution in [1.82, 2.24) is 5.32 Å². The molecule has 76 valence electrons. The van der Waals surface area contributed by atoms with Crippen molar-refractivity contribution in [2.45, 2.75) is 13.3 Å². The van der Waals surface area contributed by atoms with Crippen molar-refractivity contribution in [2.24, 2.45) is 0 Å². The molecule has 0 saturated carbocycles. The summed E-state index contributed by atoms with van der Waals surface area (Å²) < 4.78 is 12.9. The highest BCUT2D eigenvalue weighted by atomic mass is 19.1. The summed E-state index contributed by atoms with van der Waals surface area (Å²) in [5.74, 6) is -0.141. The topological polar surface area (TPSA) is 12.0 Å². The average molecular weight is 193 g/mol. The molecule has 0 spiro atoms. The molecule has 0 aliphatic heterocycles. The van der Waals surface area contributed by atoms with Crippen molar-refractivity contribution in [3.05, 3.63) is 41.2 Å². The van der Waals surface area contributed by atoms with Crippen LogP contribution >= 0.6 is 0 Å². The van der Waals surface area contributed by atoms with Gasteiger partial charge in [-0.05, 0) is 50.2 Å². The molecule has 1 N–H and O–H groups in total. The van der Waals surface area contributed by atoms with Crippen molar-refractivity contribution in [1.29, 1.82) is 0 Å². The molecule has 0 aromatic heterocycles. The Kier molecular flexibility index (Phi) is 4.33. The summed E-state index contributed by atoms with van der Waals surface area (Å²) in [5.41, 5.74) is 1.75. The first-order valence-electron chi connectivity index (χ1n) is 4.81. The maximum absolute atomic E-state index is 12.9. The smallest absolute Gasteiger partial charge is 0.126 e. The lowest BCUT2D eigenvalue weighted by atomic mass is 10.1. The molecule has 1 rings (SSSR count). The zero-order chi connectivity index (χ0) is 10.4. The third-order valence-electron chi connectivity index (χ3n) is 2.05. The Morgan fingerprint density at radius 1 is 1.43 bits per heavy atom. The van der Waals surface area contributed by atoms with E-state index in [1.54, 1.807) is 13.0 Å². The van der Waals surface area contributed by atoms with Crippen LogP contribution < -0.4 is 5.32 Å². The molecule has 1 aromatic carbocycles. The Labute approximate surface area is 84.6 Å². The first kappa shape index (κ1) is 10.9. The highest BCUT2D eigenvalue weighted by Crippen LogP contribution is 2.10. The van der Waals surface area contributed by atoms with Crippen LogP contribution in [-0.4, -0.2) is 13.6 Å². The number of hydrogen-bond acceptors (Lipinski definition) is 1. The third-order valence-corrected chi connectivity index (χ3v) is 2.05. The van der Waals surface area contributed by atoms with Gasteiger partial charge in [0.2, 0.25) is 0 Å². The van der Waals surface area contributed by atoms with Gasteiger partial charge in [0, 0.05) is 0 Å². The molecule has 0 amide bonds. The summed E-state index contributed by atoms with van der Waals surface area (Å²) in [6, 6.07) is 5.15. The van der Waals surface area contributed by atoms with Gasteiger partial charge in [0.1, 0.15) is 5.82 Å². The van der Waals surface area contributed by atoms with Gasteiger partial charge in [-0.25, -0.2) is 4.39 Å². The Bertz CT molecular complexity index is 318. The minimum absolute atomic E-state index is 0.141. The number of nitrogens with one attached hydrogen (secondary N) is 1. The van der Waals surface area contributed by atoms with E-state index in [2.05, 4.69) is 11.4 Å². The normalized spacial score (nSPS) is 11.1. The number of halogens is 1. The first-order chi connectivity index (χ1) is 6.74. The summed E-state index contributed by atoms with van der Waals surface area (Å²) in [6.07, 6.45) is 5.10. The zero-order valence-electron chi connectivity index (χ0n) is 8.68. The predicted octanol–water partition coefficient (Wildman–Crippen LogP) is 2.76. The maximum atomic E-state index is 12.9. The monoisotopic (exact) mass is 193 g/mol. The van der Waals surface area contributed by atoms with Gasteiger partial charge in [-0.15, -0.1) is 0 Å². The fourth-order valence-electron chi connectivity index (χ4n) is 1.22. The number of hydrogen-bond donors (Lipinski definition) is 1. The van der Waals surface area contributed by atoms with Crippen LogP contribution in [0.15, 0.2) is 24.3 Å². The molecular formula is C12H16FN. The summed E-state index contributed by atoms with van der Waals surface area (Å²) >= 11 is 0. The molecule has 0 bridgehead atoms. The van der Waals surface area contributed by atoms with Crippen LogP contribution in [0.4, 0.5) is 4.39 Å². The van der Waals surface area contributed by atoms with Crippen LogP contribution in [0.5, 0.6) is 0 Å². The Balaban J connectivity index is 2.59. The lowest BCUT2D eigenvalue weighted by molar-refractivity contribution is 0.618.